The molecule has 2 aromatic rings. The molecule has 1 amide bonds. The average Bonchev–Trinajstić information content (AvgIpc) is 3.25. The van der Waals surface area contributed by atoms with Crippen LogP contribution in [0, 0.1) is 12.3 Å². The van der Waals surface area contributed by atoms with Crippen LogP contribution in [0.5, 0.6) is 0 Å². The molecule has 7 nitrogen and oxygen atoms in total. The van der Waals surface area contributed by atoms with Gasteiger partial charge in [-0.15, -0.1) is 0 Å². The van der Waals surface area contributed by atoms with Crippen molar-refractivity contribution in [1.82, 2.24) is 9.47 Å². The highest BCUT2D eigenvalue weighted by molar-refractivity contribution is 5.88. The van der Waals surface area contributed by atoms with Crippen molar-refractivity contribution < 1.29 is 19.1 Å². The minimum absolute atomic E-state index is 0.172. The Morgan fingerprint density at radius 2 is 1.77 bits per heavy atom. The molecule has 2 heterocycles. The highest BCUT2D eigenvalue weighted by atomic mass is 16.6. The van der Waals surface area contributed by atoms with E-state index in [1.165, 1.54) is 49.3 Å². The van der Waals surface area contributed by atoms with E-state index in [0.717, 1.165) is 31.6 Å². The number of hydrogen-bond donors (Lipinski definition) is 1. The number of piperidine rings is 1. The van der Waals surface area contributed by atoms with Gasteiger partial charge < -0.3 is 24.3 Å². The number of rotatable bonds is 5. The minimum atomic E-state index is -0.442. The minimum Gasteiger partial charge on any atom is -0.469 e. The fraction of sp³-hybridized carbons (Fsp3) is 0.643. The molecule has 2 aliphatic rings. The first kappa shape index (κ1) is 25.4. The Balaban J connectivity index is 1.35. The van der Waals surface area contributed by atoms with Gasteiger partial charge in [0.05, 0.1) is 13.5 Å². The summed E-state index contributed by atoms with van der Waals surface area (Å²) in [5.41, 5.74) is 3.49. The molecule has 1 aromatic carbocycles. The summed E-state index contributed by atoms with van der Waals surface area (Å²) in [5.74, 6) is -0.201. The largest absolute Gasteiger partial charge is 0.469 e. The third-order valence-electron chi connectivity index (χ3n) is 7.93. The zero-order chi connectivity index (χ0) is 25.2. The molecule has 1 saturated heterocycles. The summed E-state index contributed by atoms with van der Waals surface area (Å²) in [5, 5.41) is 4.64. The molecule has 0 unspecified atom stereocenters. The van der Waals surface area contributed by atoms with Crippen LogP contribution in [0.25, 0.3) is 10.9 Å². The molecule has 2 fully saturated rings. The first-order valence-corrected chi connectivity index (χ1v) is 13.0. The van der Waals surface area contributed by atoms with E-state index < -0.39 is 5.60 Å². The molecule has 1 aromatic heterocycles. The topological polar surface area (TPSA) is 72.8 Å². The van der Waals surface area contributed by atoms with Crippen LogP contribution in [0.2, 0.25) is 0 Å². The average molecular weight is 484 g/mol. The number of hydrogen-bond acceptors (Lipinski definition) is 5. The molecule has 1 aliphatic heterocycles. The standard InChI is InChI=1S/C28H41N3O4/c1-20-22-11-17-31(24(22)7-6-23(20)29-16-10-25(32)34-5)21-8-12-28(13-9-21)14-18-30(19-15-28)26(33)35-27(2,3)4/h6-7,11,17,21,29H,8-10,12-16,18-19H2,1-5H3. The van der Waals surface area contributed by atoms with Crippen LogP contribution in [-0.4, -0.2) is 53.9 Å². The van der Waals surface area contributed by atoms with Gasteiger partial charge in [0, 0.05) is 48.5 Å². The van der Waals surface area contributed by atoms with E-state index in [0.29, 0.717) is 24.4 Å². The number of nitrogens with zero attached hydrogens (tertiary/aromatic N) is 2. The SMILES string of the molecule is COC(=O)CCNc1ccc2c(ccn2C2CCC3(CC2)CCN(C(=O)OC(C)(C)C)CC3)c1C. The zero-order valence-corrected chi connectivity index (χ0v) is 22.0. The molecule has 7 heteroatoms. The first-order chi connectivity index (χ1) is 16.6. The van der Waals surface area contributed by atoms with Gasteiger partial charge >= 0.3 is 12.1 Å². The fourth-order valence-corrected chi connectivity index (χ4v) is 5.78. The zero-order valence-electron chi connectivity index (χ0n) is 22.0. The lowest BCUT2D eigenvalue weighted by molar-refractivity contribution is -0.140. The number of anilines is 1. The number of likely N-dealkylation sites (tertiary alicyclic amines) is 1. The van der Waals surface area contributed by atoms with E-state index in [9.17, 15) is 9.59 Å². The van der Waals surface area contributed by atoms with Crippen molar-refractivity contribution in [2.24, 2.45) is 5.41 Å². The van der Waals surface area contributed by atoms with E-state index >= 15 is 0 Å². The van der Waals surface area contributed by atoms with Gasteiger partial charge in [-0.3, -0.25) is 4.79 Å². The molecule has 0 atom stereocenters. The summed E-state index contributed by atoms with van der Waals surface area (Å²) >= 11 is 0. The van der Waals surface area contributed by atoms with Gasteiger partial charge in [0.15, 0.2) is 0 Å². The van der Waals surface area contributed by atoms with E-state index in [-0.39, 0.29) is 12.1 Å². The molecular formula is C28H41N3O4. The van der Waals surface area contributed by atoms with E-state index in [1.54, 1.807) is 0 Å². The Labute approximate surface area is 209 Å². The molecule has 1 spiro atoms. The number of aromatic nitrogens is 1. The van der Waals surface area contributed by atoms with Crippen molar-refractivity contribution in [2.75, 3.05) is 32.1 Å². The summed E-state index contributed by atoms with van der Waals surface area (Å²) in [7, 11) is 1.42. The summed E-state index contributed by atoms with van der Waals surface area (Å²) < 4.78 is 12.8. The Hall–Kier alpha value is -2.70. The van der Waals surface area contributed by atoms with Crippen molar-refractivity contribution in [1.29, 1.82) is 0 Å². The smallest absolute Gasteiger partial charge is 0.410 e. The van der Waals surface area contributed by atoms with Gasteiger partial charge in [0.1, 0.15) is 5.60 Å². The van der Waals surface area contributed by atoms with Crippen molar-refractivity contribution in [3.8, 4) is 0 Å². The van der Waals surface area contributed by atoms with Crippen LogP contribution >= 0.6 is 0 Å². The Kier molecular flexibility index (Phi) is 7.34. The lowest BCUT2D eigenvalue weighted by Gasteiger charge is -2.46. The highest BCUT2D eigenvalue weighted by Gasteiger charge is 2.40. The second-order valence-corrected chi connectivity index (χ2v) is 11.3. The maximum absolute atomic E-state index is 12.4. The van der Waals surface area contributed by atoms with Gasteiger partial charge in [-0.25, -0.2) is 4.79 Å². The van der Waals surface area contributed by atoms with Crippen molar-refractivity contribution >= 4 is 28.7 Å². The number of carbonyl (C=O) groups excluding carboxylic acids is 2. The van der Waals surface area contributed by atoms with Crippen LogP contribution in [0.3, 0.4) is 0 Å². The van der Waals surface area contributed by atoms with Crippen molar-refractivity contribution in [3.63, 3.8) is 0 Å². The lowest BCUT2D eigenvalue weighted by Crippen LogP contribution is -2.46. The van der Waals surface area contributed by atoms with E-state index in [1.807, 2.05) is 25.7 Å². The van der Waals surface area contributed by atoms with E-state index in [2.05, 4.69) is 41.2 Å². The van der Waals surface area contributed by atoms with Crippen LogP contribution < -0.4 is 5.32 Å². The lowest BCUT2D eigenvalue weighted by atomic mass is 9.67. The Morgan fingerprint density at radius 1 is 1.09 bits per heavy atom. The number of methoxy groups -OCH3 is 1. The molecule has 1 saturated carbocycles. The number of ether oxygens (including phenoxy) is 2. The summed E-state index contributed by atoms with van der Waals surface area (Å²) in [6, 6.07) is 7.06. The number of benzene rings is 1. The first-order valence-electron chi connectivity index (χ1n) is 13.0. The number of esters is 1. The molecule has 192 valence electrons. The van der Waals surface area contributed by atoms with Gasteiger partial charge in [-0.05, 0) is 95.4 Å². The Morgan fingerprint density at radius 3 is 2.40 bits per heavy atom. The normalized spacial score (nSPS) is 18.6. The summed E-state index contributed by atoms with van der Waals surface area (Å²) in [6.45, 7) is 10.1. The molecule has 1 N–H and O–H groups in total. The maximum atomic E-state index is 12.4. The second-order valence-electron chi connectivity index (χ2n) is 11.3. The molecule has 1 aliphatic carbocycles. The van der Waals surface area contributed by atoms with Gasteiger partial charge in [0.25, 0.3) is 0 Å². The third-order valence-corrected chi connectivity index (χ3v) is 7.93. The summed E-state index contributed by atoms with van der Waals surface area (Å²) in [6.07, 6.45) is 9.35. The number of nitrogens with one attached hydrogen (secondary N) is 1. The quantitative estimate of drug-likeness (QED) is 0.524. The molecular weight excluding hydrogens is 442 g/mol. The third kappa shape index (κ3) is 5.76. The van der Waals surface area contributed by atoms with Crippen LogP contribution in [0.15, 0.2) is 24.4 Å². The number of fused-ring (bicyclic) bond motifs is 1. The molecule has 0 radical (unpaired) electrons. The predicted octanol–water partition coefficient (Wildman–Crippen LogP) is 6.06. The maximum Gasteiger partial charge on any atom is 0.410 e. The fourth-order valence-electron chi connectivity index (χ4n) is 5.78. The van der Waals surface area contributed by atoms with Crippen LogP contribution in [-0.2, 0) is 14.3 Å². The highest BCUT2D eigenvalue weighted by Crippen LogP contribution is 2.48. The Bertz CT molecular complexity index is 1050. The molecule has 4 rings (SSSR count). The van der Waals surface area contributed by atoms with Crippen molar-refractivity contribution in [2.45, 2.75) is 84.3 Å². The number of aryl methyl sites for hydroxylation is 1. The monoisotopic (exact) mass is 483 g/mol. The molecule has 0 bridgehead atoms. The van der Waals surface area contributed by atoms with E-state index in [4.69, 9.17) is 9.47 Å². The van der Waals surface area contributed by atoms with Gasteiger partial charge in [-0.2, -0.15) is 0 Å². The second kappa shape index (κ2) is 10.1. The predicted molar refractivity (Wildman–Crippen MR) is 139 cm³/mol. The van der Waals surface area contributed by atoms with Gasteiger partial charge in [0.2, 0.25) is 0 Å². The summed E-state index contributed by atoms with van der Waals surface area (Å²) in [4.78, 5) is 25.7. The number of carbonyl (C=O) groups is 2. The van der Waals surface area contributed by atoms with Crippen molar-refractivity contribution in [3.05, 3.63) is 30.0 Å². The van der Waals surface area contributed by atoms with Crippen LogP contribution in [0.1, 0.15) is 77.3 Å². The van der Waals surface area contributed by atoms with Gasteiger partial charge in [-0.1, -0.05) is 0 Å². The van der Waals surface area contributed by atoms with Crippen LogP contribution in [0.4, 0.5) is 10.5 Å². The molecule has 35 heavy (non-hydrogen) atoms. The number of amides is 1.